The van der Waals surface area contributed by atoms with Gasteiger partial charge in [-0.3, -0.25) is 0 Å². The van der Waals surface area contributed by atoms with Gasteiger partial charge in [-0.2, -0.15) is 0 Å². The molecule has 0 saturated heterocycles. The van der Waals surface area contributed by atoms with Gasteiger partial charge in [-0.15, -0.1) is 0 Å². The van der Waals surface area contributed by atoms with Crippen LogP contribution in [0.3, 0.4) is 0 Å². The van der Waals surface area contributed by atoms with E-state index in [9.17, 15) is 0 Å². The summed E-state index contributed by atoms with van der Waals surface area (Å²) in [4.78, 5) is 2.24. The predicted octanol–water partition coefficient (Wildman–Crippen LogP) is 5.64. The first-order valence-electron chi connectivity index (χ1n) is 9.40. The predicted molar refractivity (Wildman–Crippen MR) is 115 cm³/mol. The molecule has 2 nitrogen and oxygen atoms in total. The number of rotatable bonds is 11. The summed E-state index contributed by atoms with van der Waals surface area (Å²) >= 11 is 12.4. The molecular formula is C22H30Cl2N2. The summed E-state index contributed by atoms with van der Waals surface area (Å²) in [6.45, 7) is 3.24. The Labute approximate surface area is 168 Å². The Bertz CT molecular complexity index is 641. The Morgan fingerprint density at radius 3 is 2.35 bits per heavy atom. The Hall–Kier alpha value is -1.06. The van der Waals surface area contributed by atoms with Crippen molar-refractivity contribution in [1.82, 2.24) is 10.2 Å². The molecule has 0 aromatic heterocycles. The molecule has 0 fully saturated rings. The number of unbranched alkanes of at least 4 members (excludes halogenated alkanes) is 1. The molecule has 0 bridgehead atoms. The number of hydrogen-bond donors (Lipinski definition) is 1. The van der Waals surface area contributed by atoms with E-state index in [0.29, 0.717) is 5.92 Å². The third kappa shape index (κ3) is 7.67. The second-order valence-corrected chi connectivity index (χ2v) is 7.94. The van der Waals surface area contributed by atoms with Gasteiger partial charge in [0.25, 0.3) is 0 Å². The minimum Gasteiger partial charge on any atom is -0.317 e. The minimum absolute atomic E-state index is 0.432. The number of nitrogens with one attached hydrogen (secondary N) is 1. The van der Waals surface area contributed by atoms with Crippen LogP contribution in [0.15, 0.2) is 48.5 Å². The highest BCUT2D eigenvalue weighted by atomic mass is 35.5. The standard InChI is InChI=1S/C22H30Cl2N2/c1-26(2)16-6-5-14-25-15-13-19(18-9-11-21(23)12-10-18)17-20-7-3-4-8-22(20)24/h3-4,7-12,19,25H,5-6,13-17H2,1-2H3/t19-/m1/s1. The maximum Gasteiger partial charge on any atom is 0.0438 e. The van der Waals surface area contributed by atoms with E-state index in [1.807, 2.05) is 24.3 Å². The van der Waals surface area contributed by atoms with Crippen LogP contribution in [-0.4, -0.2) is 38.6 Å². The highest BCUT2D eigenvalue weighted by Crippen LogP contribution is 2.28. The van der Waals surface area contributed by atoms with Crippen LogP contribution in [0.2, 0.25) is 10.0 Å². The Morgan fingerprint density at radius 1 is 0.923 bits per heavy atom. The molecule has 0 aliphatic carbocycles. The zero-order chi connectivity index (χ0) is 18.8. The summed E-state index contributed by atoms with van der Waals surface area (Å²) in [5.41, 5.74) is 2.53. The molecule has 2 rings (SSSR count). The fourth-order valence-electron chi connectivity index (χ4n) is 3.13. The average molecular weight is 393 g/mol. The molecule has 2 aromatic rings. The van der Waals surface area contributed by atoms with E-state index in [1.54, 1.807) is 0 Å². The van der Waals surface area contributed by atoms with Gasteiger partial charge in [0.05, 0.1) is 0 Å². The van der Waals surface area contributed by atoms with Crippen molar-refractivity contribution in [2.24, 2.45) is 0 Å². The quantitative estimate of drug-likeness (QED) is 0.497. The van der Waals surface area contributed by atoms with Crippen molar-refractivity contribution in [2.75, 3.05) is 33.7 Å². The molecule has 1 atom stereocenters. The van der Waals surface area contributed by atoms with Crippen molar-refractivity contribution < 1.29 is 0 Å². The molecule has 0 radical (unpaired) electrons. The van der Waals surface area contributed by atoms with Crippen molar-refractivity contribution in [3.63, 3.8) is 0 Å². The van der Waals surface area contributed by atoms with Crippen molar-refractivity contribution in [1.29, 1.82) is 0 Å². The Morgan fingerprint density at radius 2 is 1.65 bits per heavy atom. The van der Waals surface area contributed by atoms with Crippen LogP contribution < -0.4 is 5.32 Å². The van der Waals surface area contributed by atoms with E-state index >= 15 is 0 Å². The summed E-state index contributed by atoms with van der Waals surface area (Å²) in [6.07, 6.45) is 4.48. The maximum absolute atomic E-state index is 6.38. The normalized spacial score (nSPS) is 12.5. The van der Waals surface area contributed by atoms with Gasteiger partial charge in [0.2, 0.25) is 0 Å². The third-order valence-corrected chi connectivity index (χ3v) is 5.26. The Kier molecular flexibility index (Phi) is 9.49. The van der Waals surface area contributed by atoms with Gasteiger partial charge in [-0.05, 0) is 94.7 Å². The molecule has 0 spiro atoms. The first-order chi connectivity index (χ1) is 12.6. The lowest BCUT2D eigenvalue weighted by molar-refractivity contribution is 0.391. The monoisotopic (exact) mass is 392 g/mol. The minimum atomic E-state index is 0.432. The van der Waals surface area contributed by atoms with Crippen molar-refractivity contribution in [2.45, 2.75) is 31.6 Å². The highest BCUT2D eigenvalue weighted by Gasteiger charge is 2.14. The van der Waals surface area contributed by atoms with Crippen LogP contribution in [0.5, 0.6) is 0 Å². The van der Waals surface area contributed by atoms with Crippen molar-refractivity contribution in [3.05, 3.63) is 69.7 Å². The molecule has 2 aromatic carbocycles. The molecule has 0 saturated carbocycles. The maximum atomic E-state index is 6.38. The highest BCUT2D eigenvalue weighted by molar-refractivity contribution is 6.31. The summed E-state index contributed by atoms with van der Waals surface area (Å²) < 4.78 is 0. The van der Waals surface area contributed by atoms with E-state index in [1.165, 1.54) is 24.0 Å². The first-order valence-corrected chi connectivity index (χ1v) is 10.2. The molecule has 4 heteroatoms. The lowest BCUT2D eigenvalue weighted by Gasteiger charge is -2.19. The summed E-state index contributed by atoms with van der Waals surface area (Å²) in [5, 5.41) is 5.23. The van der Waals surface area contributed by atoms with Gasteiger partial charge in [-0.1, -0.05) is 53.5 Å². The number of halogens is 2. The van der Waals surface area contributed by atoms with Crippen LogP contribution in [0.25, 0.3) is 0 Å². The lowest BCUT2D eigenvalue weighted by Crippen LogP contribution is -2.21. The molecule has 0 unspecified atom stereocenters. The van der Waals surface area contributed by atoms with Gasteiger partial charge in [0.15, 0.2) is 0 Å². The molecular weight excluding hydrogens is 363 g/mol. The first kappa shape index (κ1) is 21.2. The second kappa shape index (κ2) is 11.6. The molecule has 1 N–H and O–H groups in total. The molecule has 0 amide bonds. The van der Waals surface area contributed by atoms with Crippen molar-refractivity contribution in [3.8, 4) is 0 Å². The molecule has 0 aliphatic rings. The van der Waals surface area contributed by atoms with Gasteiger partial charge in [0.1, 0.15) is 0 Å². The summed E-state index contributed by atoms with van der Waals surface area (Å²) in [5.74, 6) is 0.432. The largest absolute Gasteiger partial charge is 0.317 e. The third-order valence-electron chi connectivity index (χ3n) is 4.64. The van der Waals surface area contributed by atoms with E-state index in [4.69, 9.17) is 23.2 Å². The van der Waals surface area contributed by atoms with E-state index in [-0.39, 0.29) is 0 Å². The topological polar surface area (TPSA) is 15.3 Å². The summed E-state index contributed by atoms with van der Waals surface area (Å²) in [6, 6.07) is 16.4. The van der Waals surface area contributed by atoms with Gasteiger partial charge in [0, 0.05) is 10.0 Å². The molecule has 26 heavy (non-hydrogen) atoms. The van der Waals surface area contributed by atoms with E-state index < -0.39 is 0 Å². The fraction of sp³-hybridized carbons (Fsp3) is 0.455. The van der Waals surface area contributed by atoms with Gasteiger partial charge < -0.3 is 10.2 Å². The average Bonchev–Trinajstić information content (AvgIpc) is 2.62. The van der Waals surface area contributed by atoms with E-state index in [0.717, 1.165) is 42.5 Å². The van der Waals surface area contributed by atoms with Gasteiger partial charge >= 0.3 is 0 Å². The fourth-order valence-corrected chi connectivity index (χ4v) is 3.47. The second-order valence-electron chi connectivity index (χ2n) is 7.09. The number of benzene rings is 2. The van der Waals surface area contributed by atoms with Crippen LogP contribution in [-0.2, 0) is 6.42 Å². The SMILES string of the molecule is CN(C)CCCCNCC[C@H](Cc1ccccc1Cl)c1ccc(Cl)cc1. The molecule has 0 aliphatic heterocycles. The number of nitrogens with zero attached hydrogens (tertiary/aromatic N) is 1. The van der Waals surface area contributed by atoms with Gasteiger partial charge in [-0.25, -0.2) is 0 Å². The zero-order valence-electron chi connectivity index (χ0n) is 15.8. The van der Waals surface area contributed by atoms with Crippen LogP contribution in [0.1, 0.15) is 36.3 Å². The Balaban J connectivity index is 1.89. The zero-order valence-corrected chi connectivity index (χ0v) is 17.4. The van der Waals surface area contributed by atoms with Crippen molar-refractivity contribution >= 4 is 23.2 Å². The molecule has 0 heterocycles. The summed E-state index contributed by atoms with van der Waals surface area (Å²) in [7, 11) is 4.25. The molecule has 142 valence electrons. The lowest BCUT2D eigenvalue weighted by atomic mass is 9.89. The van der Waals surface area contributed by atoms with E-state index in [2.05, 4.69) is 48.6 Å². The van der Waals surface area contributed by atoms with Crippen LogP contribution in [0.4, 0.5) is 0 Å². The smallest absolute Gasteiger partial charge is 0.0438 e. The van der Waals surface area contributed by atoms with Crippen LogP contribution >= 0.6 is 23.2 Å². The van der Waals surface area contributed by atoms with Crippen LogP contribution in [0, 0.1) is 0 Å². The number of hydrogen-bond acceptors (Lipinski definition) is 2.